The maximum atomic E-state index is 12.6. The summed E-state index contributed by atoms with van der Waals surface area (Å²) in [5, 5.41) is 14.3. The number of hydrogen-bond donors (Lipinski definition) is 4. The summed E-state index contributed by atoms with van der Waals surface area (Å²) in [5.41, 5.74) is 7.63. The summed E-state index contributed by atoms with van der Waals surface area (Å²) in [6.45, 7) is 1.92. The number of nitrogens with zero attached hydrogens (tertiary/aromatic N) is 1. The number of rotatable bonds is 5. The standard InChI is InChI=1S/C18H22N4O5/c1-9(23)15(19)17(26)20-7-10-2-3-12-11(6-10)8-22(18(12)27)13-4-5-14(24)21-16(13)25/h2-3,6,9,13,15,23H,4-5,7-8,19H2,1H3,(H,20,26)(H,21,24,25). The lowest BCUT2D eigenvalue weighted by molar-refractivity contribution is -0.137. The third-order valence-electron chi connectivity index (χ3n) is 4.88. The summed E-state index contributed by atoms with van der Waals surface area (Å²) in [6, 6.07) is 3.52. The molecule has 9 nitrogen and oxygen atoms in total. The highest BCUT2D eigenvalue weighted by Crippen LogP contribution is 2.28. The van der Waals surface area contributed by atoms with E-state index in [1.807, 2.05) is 0 Å². The number of aliphatic hydroxyl groups excluding tert-OH is 1. The molecule has 0 aliphatic carbocycles. The number of aliphatic hydroxyl groups is 1. The predicted molar refractivity (Wildman–Crippen MR) is 94.0 cm³/mol. The molecule has 2 heterocycles. The van der Waals surface area contributed by atoms with Gasteiger partial charge in [0.15, 0.2) is 0 Å². The van der Waals surface area contributed by atoms with E-state index in [9.17, 15) is 24.3 Å². The first-order valence-corrected chi connectivity index (χ1v) is 8.75. The van der Waals surface area contributed by atoms with Crippen molar-refractivity contribution < 1.29 is 24.3 Å². The summed E-state index contributed by atoms with van der Waals surface area (Å²) < 4.78 is 0. The smallest absolute Gasteiger partial charge is 0.255 e. The fourth-order valence-corrected chi connectivity index (χ4v) is 3.26. The Morgan fingerprint density at radius 2 is 2.15 bits per heavy atom. The van der Waals surface area contributed by atoms with Gasteiger partial charge >= 0.3 is 0 Å². The molecule has 3 atom stereocenters. The SMILES string of the molecule is CC(O)C(N)C(=O)NCc1ccc2c(c1)CN(C1CCC(=O)NC1=O)C2=O. The van der Waals surface area contributed by atoms with Gasteiger partial charge in [0.1, 0.15) is 12.1 Å². The van der Waals surface area contributed by atoms with Crippen LogP contribution in [0.4, 0.5) is 0 Å². The first-order chi connectivity index (χ1) is 12.8. The van der Waals surface area contributed by atoms with Crippen LogP contribution >= 0.6 is 0 Å². The topological polar surface area (TPSA) is 142 Å². The quantitative estimate of drug-likeness (QED) is 0.476. The van der Waals surface area contributed by atoms with Crippen LogP contribution in [0.5, 0.6) is 0 Å². The zero-order chi connectivity index (χ0) is 19.7. The zero-order valence-corrected chi connectivity index (χ0v) is 14.9. The van der Waals surface area contributed by atoms with Gasteiger partial charge < -0.3 is 21.1 Å². The molecule has 9 heteroatoms. The molecule has 1 aromatic carbocycles. The number of nitrogens with two attached hydrogens (primary N) is 1. The Kier molecular flexibility index (Phi) is 5.24. The average Bonchev–Trinajstić information content (AvgIpc) is 2.95. The van der Waals surface area contributed by atoms with E-state index >= 15 is 0 Å². The van der Waals surface area contributed by atoms with E-state index in [0.29, 0.717) is 12.0 Å². The molecular formula is C18H22N4O5. The van der Waals surface area contributed by atoms with E-state index in [4.69, 9.17) is 5.73 Å². The average molecular weight is 374 g/mol. The molecule has 1 aromatic rings. The van der Waals surface area contributed by atoms with Crippen LogP contribution in [0.3, 0.4) is 0 Å². The second-order valence-corrected chi connectivity index (χ2v) is 6.88. The van der Waals surface area contributed by atoms with Crippen LogP contribution in [0, 0.1) is 0 Å². The Morgan fingerprint density at radius 1 is 1.41 bits per heavy atom. The number of nitrogens with one attached hydrogen (secondary N) is 2. The number of benzene rings is 1. The molecule has 0 saturated carbocycles. The van der Waals surface area contributed by atoms with Gasteiger partial charge in [0.05, 0.1) is 6.10 Å². The molecule has 1 fully saturated rings. The van der Waals surface area contributed by atoms with Crippen molar-refractivity contribution in [2.24, 2.45) is 5.73 Å². The van der Waals surface area contributed by atoms with Crippen LogP contribution in [0.25, 0.3) is 0 Å². The van der Waals surface area contributed by atoms with Gasteiger partial charge in [-0.05, 0) is 30.5 Å². The monoisotopic (exact) mass is 374 g/mol. The van der Waals surface area contributed by atoms with E-state index < -0.39 is 30.0 Å². The second kappa shape index (κ2) is 7.45. The number of piperidine rings is 1. The van der Waals surface area contributed by atoms with Crippen molar-refractivity contribution >= 4 is 23.6 Å². The Hall–Kier alpha value is -2.78. The van der Waals surface area contributed by atoms with Crippen molar-refractivity contribution in [3.8, 4) is 0 Å². The lowest BCUT2D eigenvalue weighted by atomic mass is 10.0. The zero-order valence-electron chi connectivity index (χ0n) is 14.9. The van der Waals surface area contributed by atoms with Crippen LogP contribution in [-0.4, -0.2) is 51.8 Å². The Labute approximate surface area is 155 Å². The molecule has 0 radical (unpaired) electrons. The van der Waals surface area contributed by atoms with Gasteiger partial charge in [0.25, 0.3) is 5.91 Å². The number of amides is 4. The maximum Gasteiger partial charge on any atom is 0.255 e. The summed E-state index contributed by atoms with van der Waals surface area (Å²) in [5.74, 6) is -1.49. The molecule has 0 spiro atoms. The van der Waals surface area contributed by atoms with E-state index in [1.165, 1.54) is 11.8 Å². The van der Waals surface area contributed by atoms with Gasteiger partial charge in [0.2, 0.25) is 17.7 Å². The van der Waals surface area contributed by atoms with Crippen molar-refractivity contribution in [3.63, 3.8) is 0 Å². The summed E-state index contributed by atoms with van der Waals surface area (Å²) in [4.78, 5) is 49.3. The minimum absolute atomic E-state index is 0.206. The fourth-order valence-electron chi connectivity index (χ4n) is 3.26. The molecule has 3 unspecified atom stereocenters. The first kappa shape index (κ1) is 19.0. The third-order valence-corrected chi connectivity index (χ3v) is 4.88. The predicted octanol–water partition coefficient (Wildman–Crippen LogP) is -1.23. The molecule has 2 aliphatic rings. The number of hydrogen-bond acceptors (Lipinski definition) is 6. The molecule has 27 heavy (non-hydrogen) atoms. The lowest BCUT2D eigenvalue weighted by Crippen LogP contribution is -2.52. The summed E-state index contributed by atoms with van der Waals surface area (Å²) >= 11 is 0. The normalized spacial score (nSPS) is 21.5. The molecule has 5 N–H and O–H groups in total. The Balaban J connectivity index is 1.68. The van der Waals surface area contributed by atoms with Gasteiger partial charge in [-0.25, -0.2) is 0 Å². The van der Waals surface area contributed by atoms with Crippen molar-refractivity contribution in [2.45, 2.75) is 51.0 Å². The number of imide groups is 1. The highest BCUT2D eigenvalue weighted by atomic mass is 16.3. The summed E-state index contributed by atoms with van der Waals surface area (Å²) in [6.07, 6.45) is -0.438. The second-order valence-electron chi connectivity index (χ2n) is 6.88. The summed E-state index contributed by atoms with van der Waals surface area (Å²) in [7, 11) is 0. The van der Waals surface area contributed by atoms with Gasteiger partial charge in [-0.15, -0.1) is 0 Å². The molecular weight excluding hydrogens is 352 g/mol. The van der Waals surface area contributed by atoms with Crippen molar-refractivity contribution in [2.75, 3.05) is 0 Å². The van der Waals surface area contributed by atoms with Crippen LogP contribution in [0.15, 0.2) is 18.2 Å². The molecule has 1 saturated heterocycles. The van der Waals surface area contributed by atoms with Crippen LogP contribution < -0.4 is 16.4 Å². The lowest BCUT2D eigenvalue weighted by Gasteiger charge is -2.29. The first-order valence-electron chi connectivity index (χ1n) is 8.75. The molecule has 0 bridgehead atoms. The molecule has 144 valence electrons. The number of carbonyl (C=O) groups is 4. The largest absolute Gasteiger partial charge is 0.391 e. The maximum absolute atomic E-state index is 12.6. The van der Waals surface area contributed by atoms with Crippen LogP contribution in [-0.2, 0) is 27.5 Å². The minimum Gasteiger partial charge on any atom is -0.391 e. The van der Waals surface area contributed by atoms with Crippen LogP contribution in [0.1, 0.15) is 41.3 Å². The van der Waals surface area contributed by atoms with Crippen LogP contribution in [0.2, 0.25) is 0 Å². The fraction of sp³-hybridized carbons (Fsp3) is 0.444. The highest BCUT2D eigenvalue weighted by molar-refractivity contribution is 6.05. The minimum atomic E-state index is -1.01. The van der Waals surface area contributed by atoms with E-state index in [2.05, 4.69) is 10.6 Å². The van der Waals surface area contributed by atoms with Gasteiger partial charge in [-0.1, -0.05) is 12.1 Å². The Bertz CT molecular complexity index is 807. The van der Waals surface area contributed by atoms with Crippen molar-refractivity contribution in [1.82, 2.24) is 15.5 Å². The molecule has 0 aromatic heterocycles. The highest BCUT2D eigenvalue weighted by Gasteiger charge is 2.39. The molecule has 4 amide bonds. The van der Waals surface area contributed by atoms with Crippen molar-refractivity contribution in [3.05, 3.63) is 34.9 Å². The van der Waals surface area contributed by atoms with Crippen molar-refractivity contribution in [1.29, 1.82) is 0 Å². The number of carbonyl (C=O) groups excluding carboxylic acids is 4. The van der Waals surface area contributed by atoms with Gasteiger partial charge in [-0.3, -0.25) is 24.5 Å². The van der Waals surface area contributed by atoms with Gasteiger partial charge in [-0.2, -0.15) is 0 Å². The van der Waals surface area contributed by atoms with E-state index in [-0.39, 0.29) is 31.3 Å². The number of fused-ring (bicyclic) bond motifs is 1. The molecule has 2 aliphatic heterocycles. The Morgan fingerprint density at radius 3 is 2.81 bits per heavy atom. The van der Waals surface area contributed by atoms with E-state index in [0.717, 1.165) is 11.1 Å². The third kappa shape index (κ3) is 3.83. The van der Waals surface area contributed by atoms with E-state index in [1.54, 1.807) is 18.2 Å². The molecule has 3 rings (SSSR count). The van der Waals surface area contributed by atoms with Gasteiger partial charge in [0, 0.05) is 25.1 Å².